The summed E-state index contributed by atoms with van der Waals surface area (Å²) in [5.74, 6) is 0.807. The van der Waals surface area contributed by atoms with Crippen LogP contribution in [0.1, 0.15) is 5.56 Å². The van der Waals surface area contributed by atoms with Crippen molar-refractivity contribution in [1.29, 1.82) is 0 Å². The van der Waals surface area contributed by atoms with E-state index >= 15 is 0 Å². The van der Waals surface area contributed by atoms with Crippen LogP contribution in [0.2, 0.25) is 0 Å². The van der Waals surface area contributed by atoms with Crippen molar-refractivity contribution >= 4 is 28.8 Å². The molecule has 1 aliphatic heterocycles. The molecule has 0 unspecified atom stereocenters. The molecule has 2 aromatic heterocycles. The number of nitrogen functional groups attached to an aromatic ring is 1. The fraction of sp³-hybridized carbons (Fsp3) is 0.217. The van der Waals surface area contributed by atoms with E-state index in [1.807, 2.05) is 35.2 Å². The fourth-order valence-electron chi connectivity index (χ4n) is 3.96. The quantitative estimate of drug-likeness (QED) is 0.515. The lowest BCUT2D eigenvalue weighted by atomic mass is 10.1. The molecular formula is C23H22FN7O. The number of hydrogen-bond donors (Lipinski definition) is 2. The number of nitrogens with two attached hydrogens (primary N) is 1. The van der Waals surface area contributed by atoms with Crippen molar-refractivity contribution in [1.82, 2.24) is 24.8 Å². The van der Waals surface area contributed by atoms with E-state index in [0.29, 0.717) is 61.0 Å². The maximum absolute atomic E-state index is 14.2. The highest BCUT2D eigenvalue weighted by Gasteiger charge is 2.25. The molecule has 1 saturated heterocycles. The number of carbonyl (C=O) groups is 1. The number of imidazole rings is 1. The summed E-state index contributed by atoms with van der Waals surface area (Å²) in [6, 6.07) is 16.1. The maximum atomic E-state index is 14.2. The van der Waals surface area contributed by atoms with Crippen LogP contribution in [0.3, 0.4) is 0 Å². The predicted molar refractivity (Wildman–Crippen MR) is 120 cm³/mol. The van der Waals surface area contributed by atoms with Crippen LogP contribution in [0.4, 0.5) is 16.2 Å². The number of hydrogen-bond acceptors (Lipinski definition) is 6. The van der Waals surface area contributed by atoms with Crippen LogP contribution < -0.4 is 10.6 Å². The van der Waals surface area contributed by atoms with E-state index < -0.39 is 0 Å². The molecule has 1 fully saturated rings. The number of anilines is 2. The van der Waals surface area contributed by atoms with Gasteiger partial charge in [-0.25, -0.2) is 9.37 Å². The first kappa shape index (κ1) is 19.9. The third-order valence-corrected chi connectivity index (χ3v) is 5.61. The molecule has 9 heteroatoms. The van der Waals surface area contributed by atoms with Crippen molar-refractivity contribution < 1.29 is 9.18 Å². The van der Waals surface area contributed by atoms with Gasteiger partial charge in [-0.3, -0.25) is 4.79 Å². The third kappa shape index (κ3) is 3.84. The first-order chi connectivity index (χ1) is 15.6. The Labute approximate surface area is 183 Å². The molecule has 2 aromatic carbocycles. The van der Waals surface area contributed by atoms with Crippen LogP contribution in [0.5, 0.6) is 0 Å². The number of amides is 1. The Hall–Kier alpha value is -4.01. The zero-order valence-corrected chi connectivity index (χ0v) is 17.3. The lowest BCUT2D eigenvalue weighted by molar-refractivity contribution is -0.130. The molecule has 5 rings (SSSR count). The summed E-state index contributed by atoms with van der Waals surface area (Å²) in [6.45, 7) is 2.34. The van der Waals surface area contributed by atoms with Gasteiger partial charge in [0, 0.05) is 26.2 Å². The number of halogens is 1. The lowest BCUT2D eigenvalue weighted by Gasteiger charge is -2.35. The predicted octanol–water partition coefficient (Wildman–Crippen LogP) is 2.63. The van der Waals surface area contributed by atoms with Gasteiger partial charge in [0.25, 0.3) is 0 Å². The minimum Gasteiger partial charge on any atom is -0.368 e. The van der Waals surface area contributed by atoms with E-state index in [1.165, 1.54) is 6.07 Å². The minimum atomic E-state index is -0.375. The zero-order chi connectivity index (χ0) is 22.1. The van der Waals surface area contributed by atoms with E-state index in [4.69, 9.17) is 5.73 Å². The van der Waals surface area contributed by atoms with Gasteiger partial charge >= 0.3 is 0 Å². The number of benzene rings is 2. The van der Waals surface area contributed by atoms with Crippen molar-refractivity contribution in [2.24, 2.45) is 0 Å². The second-order valence-corrected chi connectivity index (χ2v) is 7.70. The van der Waals surface area contributed by atoms with Crippen LogP contribution in [0.25, 0.3) is 22.6 Å². The SMILES string of the molecule is Nc1nc(N2CCN(C(=O)Cc3ccccc3)CC2)c2[nH]c(-c3ccccc3F)nc2n1. The summed E-state index contributed by atoms with van der Waals surface area (Å²) in [5, 5.41) is 0. The number of fused-ring (bicyclic) bond motifs is 1. The lowest BCUT2D eigenvalue weighted by Crippen LogP contribution is -2.49. The molecule has 0 atom stereocenters. The molecular weight excluding hydrogens is 409 g/mol. The minimum absolute atomic E-state index is 0.0988. The number of piperazine rings is 1. The van der Waals surface area contributed by atoms with Gasteiger partial charge in [-0.15, -0.1) is 0 Å². The number of aromatic nitrogens is 4. The molecule has 0 bridgehead atoms. The van der Waals surface area contributed by atoms with E-state index in [2.05, 4.69) is 24.8 Å². The molecule has 3 N–H and O–H groups in total. The Bertz CT molecular complexity index is 1270. The van der Waals surface area contributed by atoms with Gasteiger partial charge < -0.3 is 20.5 Å². The monoisotopic (exact) mass is 431 g/mol. The first-order valence-electron chi connectivity index (χ1n) is 10.4. The molecule has 0 aliphatic carbocycles. The molecule has 162 valence electrons. The van der Waals surface area contributed by atoms with Gasteiger partial charge in [0.1, 0.15) is 17.2 Å². The number of H-pyrrole nitrogens is 1. The summed E-state index contributed by atoms with van der Waals surface area (Å²) >= 11 is 0. The fourth-order valence-corrected chi connectivity index (χ4v) is 3.96. The second kappa shape index (κ2) is 8.26. The Morgan fingerprint density at radius 1 is 0.969 bits per heavy atom. The van der Waals surface area contributed by atoms with Crippen LogP contribution in [0, 0.1) is 5.82 Å². The van der Waals surface area contributed by atoms with E-state index in [9.17, 15) is 9.18 Å². The van der Waals surface area contributed by atoms with Crippen molar-refractivity contribution in [3.63, 3.8) is 0 Å². The highest BCUT2D eigenvalue weighted by molar-refractivity contribution is 5.87. The van der Waals surface area contributed by atoms with Crippen molar-refractivity contribution in [2.45, 2.75) is 6.42 Å². The normalized spacial score (nSPS) is 14.2. The number of nitrogens with one attached hydrogen (secondary N) is 1. The standard InChI is InChI=1S/C23H22FN7O/c24-17-9-5-4-8-16(17)20-26-19-21(27-20)28-23(25)29-22(19)31-12-10-30(11-13-31)18(32)14-15-6-2-1-3-7-15/h1-9H,10-14H2,(H3,25,26,27,28,29). The second-order valence-electron chi connectivity index (χ2n) is 7.70. The highest BCUT2D eigenvalue weighted by atomic mass is 19.1. The summed E-state index contributed by atoms with van der Waals surface area (Å²) in [6.07, 6.45) is 0.387. The Balaban J connectivity index is 1.36. The zero-order valence-electron chi connectivity index (χ0n) is 17.3. The first-order valence-corrected chi connectivity index (χ1v) is 10.4. The molecule has 32 heavy (non-hydrogen) atoms. The van der Waals surface area contributed by atoms with Crippen molar-refractivity contribution in [3.8, 4) is 11.4 Å². The van der Waals surface area contributed by atoms with Crippen LogP contribution in [-0.2, 0) is 11.2 Å². The van der Waals surface area contributed by atoms with E-state index in [0.717, 1.165) is 5.56 Å². The topological polar surface area (TPSA) is 104 Å². The molecule has 1 amide bonds. The van der Waals surface area contributed by atoms with Gasteiger partial charge in [-0.2, -0.15) is 9.97 Å². The van der Waals surface area contributed by atoms with E-state index in [-0.39, 0.29) is 17.7 Å². The Morgan fingerprint density at radius 2 is 1.69 bits per heavy atom. The third-order valence-electron chi connectivity index (χ3n) is 5.61. The number of rotatable bonds is 4. The number of carbonyl (C=O) groups excluding carboxylic acids is 1. The van der Waals surface area contributed by atoms with Crippen molar-refractivity contribution in [2.75, 3.05) is 36.8 Å². The maximum Gasteiger partial charge on any atom is 0.227 e. The number of aromatic amines is 1. The van der Waals surface area contributed by atoms with Gasteiger partial charge in [0.05, 0.1) is 12.0 Å². The number of nitrogens with zero attached hydrogens (tertiary/aromatic N) is 5. The summed E-state index contributed by atoms with van der Waals surface area (Å²) < 4.78 is 14.2. The highest BCUT2D eigenvalue weighted by Crippen LogP contribution is 2.28. The summed E-state index contributed by atoms with van der Waals surface area (Å²) in [5.41, 5.74) is 8.27. The smallest absolute Gasteiger partial charge is 0.227 e. The molecule has 0 saturated carbocycles. The Morgan fingerprint density at radius 3 is 2.44 bits per heavy atom. The van der Waals surface area contributed by atoms with Gasteiger partial charge in [-0.1, -0.05) is 42.5 Å². The molecule has 0 spiro atoms. The van der Waals surface area contributed by atoms with E-state index in [1.54, 1.807) is 18.2 Å². The van der Waals surface area contributed by atoms with Crippen LogP contribution in [-0.4, -0.2) is 56.9 Å². The van der Waals surface area contributed by atoms with Gasteiger partial charge in [0.15, 0.2) is 11.5 Å². The average Bonchev–Trinajstić information content (AvgIpc) is 3.23. The van der Waals surface area contributed by atoms with Crippen LogP contribution in [0.15, 0.2) is 54.6 Å². The summed E-state index contributed by atoms with van der Waals surface area (Å²) in [4.78, 5) is 32.8. The molecule has 1 aliphatic rings. The van der Waals surface area contributed by atoms with Gasteiger partial charge in [-0.05, 0) is 17.7 Å². The average molecular weight is 431 g/mol. The molecule has 3 heterocycles. The van der Waals surface area contributed by atoms with Gasteiger partial charge in [0.2, 0.25) is 11.9 Å². The summed E-state index contributed by atoms with van der Waals surface area (Å²) in [7, 11) is 0. The van der Waals surface area contributed by atoms with Crippen molar-refractivity contribution in [3.05, 3.63) is 66.0 Å². The Kier molecular flexibility index (Phi) is 5.14. The molecule has 4 aromatic rings. The largest absolute Gasteiger partial charge is 0.368 e. The van der Waals surface area contributed by atoms with Crippen LogP contribution >= 0.6 is 0 Å². The molecule has 8 nitrogen and oxygen atoms in total. The molecule has 0 radical (unpaired) electrons.